The van der Waals surface area contributed by atoms with Gasteiger partial charge in [0.1, 0.15) is 11.4 Å². The molecule has 0 radical (unpaired) electrons. The molecule has 28 heavy (non-hydrogen) atoms. The van der Waals surface area contributed by atoms with Crippen LogP contribution in [0.3, 0.4) is 0 Å². The number of ether oxygens (including phenoxy) is 2. The lowest BCUT2D eigenvalue weighted by Gasteiger charge is -2.26. The lowest BCUT2D eigenvalue weighted by atomic mass is 10.2. The number of thiazole rings is 1. The summed E-state index contributed by atoms with van der Waals surface area (Å²) in [4.78, 5) is 19.7. The smallest absolute Gasteiger partial charge is 0.416 e. The second kappa shape index (κ2) is 8.35. The molecule has 2 heterocycles. The molecule has 1 amide bonds. The van der Waals surface area contributed by atoms with Gasteiger partial charge in [-0.1, -0.05) is 23.5 Å². The van der Waals surface area contributed by atoms with Crippen molar-refractivity contribution < 1.29 is 14.3 Å². The van der Waals surface area contributed by atoms with Crippen molar-refractivity contribution in [1.29, 1.82) is 0 Å². The average Bonchev–Trinajstić information content (AvgIpc) is 3.15. The Labute approximate surface area is 168 Å². The third kappa shape index (κ3) is 5.04. The van der Waals surface area contributed by atoms with Gasteiger partial charge in [-0.15, -0.1) is 0 Å². The summed E-state index contributed by atoms with van der Waals surface area (Å²) < 4.78 is 10.8. The first kappa shape index (κ1) is 19.8. The van der Waals surface area contributed by atoms with Crippen molar-refractivity contribution in [2.45, 2.75) is 32.9 Å². The summed E-state index contributed by atoms with van der Waals surface area (Å²) in [6.07, 6.45) is 4.57. The van der Waals surface area contributed by atoms with E-state index in [1.54, 1.807) is 25.7 Å². The van der Waals surface area contributed by atoms with Gasteiger partial charge in [-0.2, -0.15) is 10.2 Å². The molecule has 146 valence electrons. The molecule has 0 N–H and O–H groups in total. The van der Waals surface area contributed by atoms with E-state index in [9.17, 15) is 4.79 Å². The first-order valence-corrected chi connectivity index (χ1v) is 9.54. The standard InChI is InChI=1S/C20H22N4O3S/c1-20(2,3)27-19(25)24(13-14-5-7-16(26-4)8-6-14)18-21-12-17(28-18)15-9-10-22-23-11-15/h5-12H,13H2,1-4H3. The van der Waals surface area contributed by atoms with Crippen LogP contribution in [0, 0.1) is 0 Å². The number of anilines is 1. The van der Waals surface area contributed by atoms with E-state index in [2.05, 4.69) is 15.2 Å². The highest BCUT2D eigenvalue weighted by atomic mass is 32.1. The molecular weight excluding hydrogens is 376 g/mol. The number of nitrogens with zero attached hydrogens (tertiary/aromatic N) is 4. The number of benzene rings is 1. The van der Waals surface area contributed by atoms with Gasteiger partial charge in [0.15, 0.2) is 5.13 Å². The molecule has 1 aromatic carbocycles. The Balaban J connectivity index is 1.89. The summed E-state index contributed by atoms with van der Waals surface area (Å²) in [5.74, 6) is 0.759. The molecule has 8 heteroatoms. The fourth-order valence-electron chi connectivity index (χ4n) is 2.40. The Kier molecular flexibility index (Phi) is 5.89. The number of amides is 1. The number of carbonyl (C=O) groups excluding carboxylic acids is 1. The molecule has 3 rings (SSSR count). The number of rotatable bonds is 5. The van der Waals surface area contributed by atoms with Gasteiger partial charge in [0, 0.05) is 11.8 Å². The van der Waals surface area contributed by atoms with Crippen LogP contribution in [0.15, 0.2) is 48.9 Å². The molecule has 3 aromatic rings. The number of aromatic nitrogens is 3. The molecule has 0 saturated carbocycles. The average molecular weight is 398 g/mol. The summed E-state index contributed by atoms with van der Waals surface area (Å²) in [6, 6.07) is 9.40. The minimum atomic E-state index is -0.607. The maximum atomic E-state index is 12.9. The molecule has 0 aliphatic rings. The lowest BCUT2D eigenvalue weighted by Crippen LogP contribution is -2.36. The summed E-state index contributed by atoms with van der Waals surface area (Å²) in [5, 5.41) is 8.24. The minimum Gasteiger partial charge on any atom is -0.497 e. The number of hydrogen-bond acceptors (Lipinski definition) is 7. The third-order valence-corrected chi connectivity index (χ3v) is 4.78. The lowest BCUT2D eigenvalue weighted by molar-refractivity contribution is 0.0577. The molecule has 2 aromatic heterocycles. The van der Waals surface area contributed by atoms with Crippen molar-refractivity contribution >= 4 is 22.6 Å². The van der Waals surface area contributed by atoms with Crippen molar-refractivity contribution in [1.82, 2.24) is 15.2 Å². The van der Waals surface area contributed by atoms with Gasteiger partial charge in [-0.05, 0) is 44.5 Å². The zero-order valence-corrected chi connectivity index (χ0v) is 17.1. The molecule has 0 unspecified atom stereocenters. The van der Waals surface area contributed by atoms with Crippen LogP contribution in [-0.2, 0) is 11.3 Å². The highest BCUT2D eigenvalue weighted by Gasteiger charge is 2.26. The predicted octanol–water partition coefficient (Wildman–Crippen LogP) is 4.55. The van der Waals surface area contributed by atoms with E-state index in [0.717, 1.165) is 21.8 Å². The van der Waals surface area contributed by atoms with E-state index in [1.807, 2.05) is 51.1 Å². The SMILES string of the molecule is COc1ccc(CN(C(=O)OC(C)(C)C)c2ncc(-c3ccnnc3)s2)cc1. The fraction of sp³-hybridized carbons (Fsp3) is 0.300. The Morgan fingerprint density at radius 2 is 1.86 bits per heavy atom. The first-order chi connectivity index (χ1) is 13.4. The Morgan fingerprint density at radius 3 is 2.46 bits per heavy atom. The molecule has 0 fully saturated rings. The van der Waals surface area contributed by atoms with E-state index in [0.29, 0.717) is 11.7 Å². The Morgan fingerprint density at radius 1 is 1.11 bits per heavy atom. The van der Waals surface area contributed by atoms with Crippen LogP contribution < -0.4 is 9.64 Å². The number of methoxy groups -OCH3 is 1. The topological polar surface area (TPSA) is 77.4 Å². The van der Waals surface area contributed by atoms with E-state index < -0.39 is 11.7 Å². The largest absolute Gasteiger partial charge is 0.497 e. The van der Waals surface area contributed by atoms with Crippen molar-refractivity contribution in [3.8, 4) is 16.2 Å². The number of hydrogen-bond donors (Lipinski definition) is 0. The highest BCUT2D eigenvalue weighted by Crippen LogP contribution is 2.32. The second-order valence-corrected chi connectivity index (χ2v) is 8.06. The summed E-state index contributed by atoms with van der Waals surface area (Å²) >= 11 is 1.40. The zero-order valence-electron chi connectivity index (χ0n) is 16.2. The summed E-state index contributed by atoms with van der Waals surface area (Å²) in [6.45, 7) is 5.85. The van der Waals surface area contributed by atoms with Crippen LogP contribution in [-0.4, -0.2) is 34.0 Å². The van der Waals surface area contributed by atoms with Gasteiger partial charge in [-0.3, -0.25) is 0 Å². The molecule has 0 aliphatic heterocycles. The van der Waals surface area contributed by atoms with E-state index >= 15 is 0 Å². The molecule has 0 saturated heterocycles. The van der Waals surface area contributed by atoms with Crippen LogP contribution in [0.1, 0.15) is 26.3 Å². The Hall–Kier alpha value is -3.00. The van der Waals surface area contributed by atoms with Crippen LogP contribution in [0.4, 0.5) is 9.93 Å². The van der Waals surface area contributed by atoms with Crippen LogP contribution in [0.5, 0.6) is 5.75 Å². The number of carbonyl (C=O) groups is 1. The normalized spacial score (nSPS) is 11.1. The minimum absolute atomic E-state index is 0.334. The monoisotopic (exact) mass is 398 g/mol. The third-order valence-electron chi connectivity index (χ3n) is 3.71. The van der Waals surface area contributed by atoms with Crippen LogP contribution in [0.2, 0.25) is 0 Å². The maximum Gasteiger partial charge on any atom is 0.416 e. The Bertz CT molecular complexity index is 921. The van der Waals surface area contributed by atoms with Crippen LogP contribution in [0.25, 0.3) is 10.4 Å². The van der Waals surface area contributed by atoms with Crippen molar-refractivity contribution in [2.24, 2.45) is 0 Å². The zero-order chi connectivity index (χ0) is 20.1. The summed E-state index contributed by atoms with van der Waals surface area (Å²) in [5.41, 5.74) is 1.23. The highest BCUT2D eigenvalue weighted by molar-refractivity contribution is 7.19. The van der Waals surface area contributed by atoms with Crippen LogP contribution >= 0.6 is 11.3 Å². The molecule has 0 bridgehead atoms. The van der Waals surface area contributed by atoms with Crippen molar-refractivity contribution in [3.63, 3.8) is 0 Å². The van der Waals surface area contributed by atoms with E-state index in [4.69, 9.17) is 9.47 Å². The molecule has 7 nitrogen and oxygen atoms in total. The van der Waals surface area contributed by atoms with Crippen molar-refractivity contribution in [2.75, 3.05) is 12.0 Å². The maximum absolute atomic E-state index is 12.9. The molecule has 0 atom stereocenters. The summed E-state index contributed by atoms with van der Waals surface area (Å²) in [7, 11) is 1.62. The fourth-order valence-corrected chi connectivity index (χ4v) is 3.30. The van der Waals surface area contributed by atoms with Gasteiger partial charge < -0.3 is 9.47 Å². The predicted molar refractivity (Wildman–Crippen MR) is 109 cm³/mol. The quantitative estimate of drug-likeness (QED) is 0.627. The second-order valence-electron chi connectivity index (χ2n) is 7.05. The van der Waals surface area contributed by atoms with Gasteiger partial charge in [0.2, 0.25) is 0 Å². The van der Waals surface area contributed by atoms with Gasteiger partial charge >= 0.3 is 6.09 Å². The van der Waals surface area contributed by atoms with Gasteiger partial charge in [0.25, 0.3) is 0 Å². The van der Waals surface area contributed by atoms with E-state index in [1.165, 1.54) is 16.2 Å². The molecule has 0 aliphatic carbocycles. The van der Waals surface area contributed by atoms with Gasteiger partial charge in [-0.25, -0.2) is 14.7 Å². The molecule has 0 spiro atoms. The van der Waals surface area contributed by atoms with Gasteiger partial charge in [0.05, 0.1) is 30.9 Å². The van der Waals surface area contributed by atoms with Crippen molar-refractivity contribution in [3.05, 3.63) is 54.5 Å². The first-order valence-electron chi connectivity index (χ1n) is 8.72. The molecular formula is C20H22N4O3S. The van der Waals surface area contributed by atoms with E-state index in [-0.39, 0.29) is 0 Å².